The van der Waals surface area contributed by atoms with Crippen LogP contribution >= 0.6 is 0 Å². The first-order valence-electron chi connectivity index (χ1n) is 20.5. The van der Waals surface area contributed by atoms with Gasteiger partial charge in [-0.3, -0.25) is 9.59 Å². The Morgan fingerprint density at radius 1 is 0.902 bits per heavy atom. The van der Waals surface area contributed by atoms with E-state index in [4.69, 9.17) is 14.5 Å². The second kappa shape index (κ2) is 20.9. The largest absolute Gasteiger partial charge is 0.453 e. The molecule has 3 atom stereocenters. The Kier molecular flexibility index (Phi) is 15.5. The summed E-state index contributed by atoms with van der Waals surface area (Å²) in [6, 6.07) is 10.2. The fraction of sp³-hybridized carbons (Fsp3) is 0.404. The van der Waals surface area contributed by atoms with Crippen LogP contribution in [0.1, 0.15) is 96.5 Å². The summed E-state index contributed by atoms with van der Waals surface area (Å²) in [5, 5.41) is 5.33. The summed E-state index contributed by atoms with van der Waals surface area (Å²) < 4.78 is 9.54. The number of hydrogen-bond acceptors (Lipinski definition) is 8. The van der Waals surface area contributed by atoms with Crippen LogP contribution < -0.4 is 10.6 Å². The van der Waals surface area contributed by atoms with Gasteiger partial charge in [0.15, 0.2) is 0 Å². The minimum Gasteiger partial charge on any atom is -0.453 e. The van der Waals surface area contributed by atoms with Crippen molar-refractivity contribution in [3.63, 3.8) is 0 Å². The zero-order valence-corrected chi connectivity index (χ0v) is 36.5. The van der Waals surface area contributed by atoms with Crippen LogP contribution in [0.2, 0.25) is 0 Å². The van der Waals surface area contributed by atoms with Gasteiger partial charge in [-0.1, -0.05) is 68.5 Å². The zero-order chi connectivity index (χ0) is 44.2. The third kappa shape index (κ3) is 11.1. The average Bonchev–Trinajstić information content (AvgIpc) is 4.04. The lowest BCUT2D eigenvalue weighted by atomic mass is 9.92. The minimum atomic E-state index is -0.857. The van der Waals surface area contributed by atoms with Crippen molar-refractivity contribution >= 4 is 24.0 Å². The van der Waals surface area contributed by atoms with Gasteiger partial charge in [0.05, 0.1) is 50.6 Å². The molecule has 320 valence electrons. The Morgan fingerprint density at radius 2 is 1.49 bits per heavy atom. The lowest BCUT2D eigenvalue weighted by Gasteiger charge is -2.28. The number of allylic oxidation sites excluding steroid dienone is 1. The second-order valence-corrected chi connectivity index (χ2v) is 15.4. The summed E-state index contributed by atoms with van der Waals surface area (Å²) in [4.78, 5) is 71.1. The number of amides is 4. The molecule has 14 heteroatoms. The van der Waals surface area contributed by atoms with Gasteiger partial charge < -0.3 is 39.9 Å². The number of likely N-dealkylation sites (tertiary alicyclic amines) is 1. The van der Waals surface area contributed by atoms with Gasteiger partial charge in [-0.15, -0.1) is 11.8 Å². The first-order chi connectivity index (χ1) is 29.3. The molecule has 1 fully saturated rings. The number of aromatic nitrogens is 4. The lowest BCUT2D eigenvalue weighted by Crippen LogP contribution is -2.51. The molecule has 14 nitrogen and oxygen atoms in total. The molecule has 0 radical (unpaired) electrons. The normalized spacial score (nSPS) is 14.1. The van der Waals surface area contributed by atoms with Gasteiger partial charge in [-0.2, -0.15) is 0 Å². The molecule has 1 aliphatic heterocycles. The topological polar surface area (TPSA) is 175 Å². The molecule has 0 unspecified atom stereocenters. The predicted molar refractivity (Wildman–Crippen MR) is 234 cm³/mol. The fourth-order valence-electron chi connectivity index (χ4n) is 7.41. The third-order valence-electron chi connectivity index (χ3n) is 10.3. The number of carbonyl (C=O) groups is 4. The molecule has 0 aliphatic carbocycles. The Hall–Kier alpha value is -6.80. The molecule has 0 saturated carbocycles. The summed E-state index contributed by atoms with van der Waals surface area (Å²) in [6.45, 7) is 14.4. The first kappa shape index (κ1) is 45.3. The molecule has 4 amide bonds. The molecule has 3 heterocycles. The third-order valence-corrected chi connectivity index (χ3v) is 10.3. The summed E-state index contributed by atoms with van der Waals surface area (Å²) in [7, 11) is 2.55. The average molecular weight is 829 g/mol. The molecule has 5 rings (SSSR count). The van der Waals surface area contributed by atoms with Crippen LogP contribution in [0.25, 0.3) is 33.6 Å². The van der Waals surface area contributed by atoms with E-state index in [0.29, 0.717) is 24.7 Å². The maximum atomic E-state index is 13.7. The number of ether oxygens (including phenoxy) is 2. The highest BCUT2D eigenvalue weighted by Crippen LogP contribution is 2.35. The van der Waals surface area contributed by atoms with Gasteiger partial charge in [0, 0.05) is 35.3 Å². The predicted octanol–water partition coefficient (Wildman–Crippen LogP) is 7.35. The standard InChI is InChI=1S/C47H56N8O6/c1-10-14-31-24-33(38-26-48-41(50-38)28-54(21-12-3)45(57)42(30(6)7)53-47(59)61-9)17-19-35(31)36-20-18-34(25-32(36)15-11-2)39-27-49-43(51-39)40-16-13-22-55(40)44(56)37(23-29(4)5)52-46(58)60-8/h17-20,23-27,30,37,40,42H,12-13,16,21-22,28H2,1-9H3,(H,48,50)(H,49,51)(H,52,58)(H,53,59)/t37-,40-,42-/m0/s1. The number of alkyl carbamates (subject to hydrolysis) is 2. The number of nitrogens with zero attached hydrogens (tertiary/aromatic N) is 4. The molecule has 2 aromatic heterocycles. The van der Waals surface area contributed by atoms with Gasteiger partial charge >= 0.3 is 12.2 Å². The maximum Gasteiger partial charge on any atom is 0.407 e. The van der Waals surface area contributed by atoms with Crippen LogP contribution in [0.15, 0.2) is 60.4 Å². The first-order valence-corrected chi connectivity index (χ1v) is 20.5. The van der Waals surface area contributed by atoms with E-state index in [2.05, 4.69) is 49.3 Å². The van der Waals surface area contributed by atoms with E-state index in [9.17, 15) is 19.2 Å². The molecule has 4 N–H and O–H groups in total. The summed E-state index contributed by atoms with van der Waals surface area (Å²) in [5.41, 5.74) is 7.65. The van der Waals surface area contributed by atoms with Crippen molar-refractivity contribution in [1.29, 1.82) is 0 Å². The lowest BCUT2D eigenvalue weighted by molar-refractivity contribution is -0.135. The van der Waals surface area contributed by atoms with Gasteiger partial charge in [-0.25, -0.2) is 19.6 Å². The molecular formula is C47H56N8O6. The monoisotopic (exact) mass is 828 g/mol. The van der Waals surface area contributed by atoms with Crippen molar-refractivity contribution < 1.29 is 28.7 Å². The molecule has 1 saturated heterocycles. The number of imidazole rings is 2. The molecule has 0 spiro atoms. The number of H-pyrrole nitrogens is 2. The van der Waals surface area contributed by atoms with Crippen LogP contribution in [0.4, 0.5) is 9.59 Å². The van der Waals surface area contributed by atoms with Crippen LogP contribution in [0, 0.1) is 29.6 Å². The van der Waals surface area contributed by atoms with Crippen LogP contribution in [0.3, 0.4) is 0 Å². The van der Waals surface area contributed by atoms with E-state index in [0.717, 1.165) is 69.6 Å². The number of nitrogens with one attached hydrogen (secondary N) is 4. The Labute approximate surface area is 358 Å². The van der Waals surface area contributed by atoms with E-state index >= 15 is 0 Å². The maximum absolute atomic E-state index is 13.7. The Balaban J connectivity index is 1.40. The zero-order valence-electron chi connectivity index (χ0n) is 36.5. The number of hydrogen-bond donors (Lipinski definition) is 4. The summed E-state index contributed by atoms with van der Waals surface area (Å²) >= 11 is 0. The molecule has 2 aromatic carbocycles. The summed E-state index contributed by atoms with van der Waals surface area (Å²) in [6.07, 6.45) is 6.18. The van der Waals surface area contributed by atoms with Gasteiger partial charge in [0.1, 0.15) is 23.7 Å². The van der Waals surface area contributed by atoms with Gasteiger partial charge in [0.2, 0.25) is 11.8 Å². The van der Waals surface area contributed by atoms with Crippen LogP contribution in [0.5, 0.6) is 0 Å². The van der Waals surface area contributed by atoms with Crippen molar-refractivity contribution in [2.45, 2.75) is 92.4 Å². The van der Waals surface area contributed by atoms with E-state index in [-0.39, 0.29) is 30.3 Å². The Bertz CT molecular complexity index is 2380. The van der Waals surface area contributed by atoms with Crippen LogP contribution in [-0.2, 0) is 25.6 Å². The van der Waals surface area contributed by atoms with Crippen LogP contribution in [-0.4, -0.2) is 93.1 Å². The van der Waals surface area contributed by atoms with Gasteiger partial charge in [0.25, 0.3) is 0 Å². The van der Waals surface area contributed by atoms with Crippen molar-refractivity contribution in [2.24, 2.45) is 5.92 Å². The van der Waals surface area contributed by atoms with Crippen molar-refractivity contribution in [3.05, 3.63) is 83.2 Å². The number of methoxy groups -OCH3 is 2. The second-order valence-electron chi connectivity index (χ2n) is 15.4. The Morgan fingerprint density at radius 3 is 2.05 bits per heavy atom. The highest BCUT2D eigenvalue weighted by atomic mass is 16.5. The van der Waals surface area contributed by atoms with Crippen molar-refractivity contribution in [2.75, 3.05) is 27.3 Å². The number of aromatic amines is 2. The molecular weight excluding hydrogens is 773 g/mol. The van der Waals surface area contributed by atoms with E-state index in [1.165, 1.54) is 14.2 Å². The highest BCUT2D eigenvalue weighted by Gasteiger charge is 2.36. The minimum absolute atomic E-state index is 0.147. The SMILES string of the molecule is CC#Cc1cc(-c2cnc(CN(CCC)C(=O)[C@@H](NC(=O)OC)C(C)C)[nH]2)ccc1-c1ccc(-c2cnc([C@@H]3CCCN3C(=O)[C@H](C=C(C)C)NC(=O)OC)[nH]2)cc1C#CC. The van der Waals surface area contributed by atoms with E-state index in [1.54, 1.807) is 42.1 Å². The molecule has 1 aliphatic rings. The number of benzene rings is 2. The molecule has 0 bridgehead atoms. The van der Waals surface area contributed by atoms with Gasteiger partial charge in [-0.05, 0) is 76.1 Å². The molecule has 61 heavy (non-hydrogen) atoms. The highest BCUT2D eigenvalue weighted by molar-refractivity contribution is 5.88. The van der Waals surface area contributed by atoms with E-state index < -0.39 is 24.3 Å². The number of rotatable bonds is 14. The van der Waals surface area contributed by atoms with Crippen molar-refractivity contribution in [1.82, 2.24) is 40.4 Å². The van der Waals surface area contributed by atoms with Crippen molar-refractivity contribution in [3.8, 4) is 57.3 Å². The number of carbonyl (C=O) groups excluding carboxylic acids is 4. The smallest absolute Gasteiger partial charge is 0.407 e. The van der Waals surface area contributed by atoms with E-state index in [1.807, 2.05) is 71.0 Å². The quantitative estimate of drug-likeness (QED) is 0.0754. The fourth-order valence-corrected chi connectivity index (χ4v) is 7.41. The molecule has 4 aromatic rings. The summed E-state index contributed by atoms with van der Waals surface area (Å²) in [5.74, 6) is 13.4.